The fraction of sp³-hybridized carbons (Fsp3) is 0.500. The van der Waals surface area contributed by atoms with E-state index in [0.717, 1.165) is 5.56 Å². The van der Waals surface area contributed by atoms with Crippen LogP contribution in [0.25, 0.3) is 0 Å². The molecule has 1 fully saturated rings. The van der Waals surface area contributed by atoms with Crippen molar-refractivity contribution in [3.63, 3.8) is 0 Å². The maximum Gasteiger partial charge on any atom is 0.140 e. The third-order valence-electron chi connectivity index (χ3n) is 3.62. The van der Waals surface area contributed by atoms with Crippen LogP contribution in [0.3, 0.4) is 0 Å². The molecule has 1 atom stereocenters. The number of carbonyl (C=O) groups excluding carboxylic acids is 2. The highest BCUT2D eigenvalue weighted by molar-refractivity contribution is 6.01. The molecule has 1 aliphatic carbocycles. The van der Waals surface area contributed by atoms with E-state index in [9.17, 15) is 14.0 Å². The molecule has 0 N–H and O–H groups in total. The second kappa shape index (κ2) is 6.16. The molecule has 1 unspecified atom stereocenters. The number of ketones is 2. The predicted octanol–water partition coefficient (Wildman–Crippen LogP) is 3.17. The van der Waals surface area contributed by atoms with Gasteiger partial charge in [-0.05, 0) is 37.1 Å². The van der Waals surface area contributed by atoms with Crippen LogP contribution in [-0.4, -0.2) is 17.7 Å². The van der Waals surface area contributed by atoms with E-state index in [2.05, 4.69) is 0 Å². The van der Waals surface area contributed by atoms with Crippen LogP contribution in [-0.2, 0) is 16.3 Å². The van der Waals surface area contributed by atoms with Gasteiger partial charge in [0.05, 0.1) is 12.5 Å². The Kier molecular flexibility index (Phi) is 4.53. The van der Waals surface area contributed by atoms with Crippen LogP contribution in [0.2, 0.25) is 0 Å². The van der Waals surface area contributed by atoms with Crippen molar-refractivity contribution in [3.05, 3.63) is 29.3 Å². The Bertz CT molecular complexity index is 508. The van der Waals surface area contributed by atoms with E-state index in [-0.39, 0.29) is 30.0 Å². The molecule has 1 aromatic rings. The number of rotatable bonds is 4. The Morgan fingerprint density at radius 2 is 1.90 bits per heavy atom. The first kappa shape index (κ1) is 14.7. The van der Waals surface area contributed by atoms with Gasteiger partial charge in [0.1, 0.15) is 24.0 Å². The van der Waals surface area contributed by atoms with Crippen molar-refractivity contribution in [1.29, 1.82) is 0 Å². The van der Waals surface area contributed by atoms with Gasteiger partial charge >= 0.3 is 0 Å². The number of hydrogen-bond acceptors (Lipinski definition) is 3. The zero-order valence-electron chi connectivity index (χ0n) is 11.8. The van der Waals surface area contributed by atoms with E-state index >= 15 is 0 Å². The van der Waals surface area contributed by atoms with Crippen molar-refractivity contribution >= 4 is 11.6 Å². The summed E-state index contributed by atoms with van der Waals surface area (Å²) in [4.78, 5) is 22.9. The van der Waals surface area contributed by atoms with Crippen LogP contribution in [0, 0.1) is 12.8 Å². The molecule has 2 rings (SSSR count). The molecule has 0 aliphatic heterocycles. The number of carbonyl (C=O) groups is 2. The van der Waals surface area contributed by atoms with Gasteiger partial charge in [0.15, 0.2) is 0 Å². The van der Waals surface area contributed by atoms with Gasteiger partial charge in [0.25, 0.3) is 0 Å². The molecule has 1 saturated carbocycles. The topological polar surface area (TPSA) is 43.4 Å². The summed E-state index contributed by atoms with van der Waals surface area (Å²) in [5.41, 5.74) is 1.50. The largest absolute Gasteiger partial charge is 0.490 e. The molecule has 4 heteroatoms. The van der Waals surface area contributed by atoms with Crippen LogP contribution < -0.4 is 4.74 Å². The normalized spacial score (nSPS) is 18.1. The fourth-order valence-electron chi connectivity index (χ4n) is 2.63. The van der Waals surface area contributed by atoms with Crippen molar-refractivity contribution in [2.45, 2.75) is 45.9 Å². The van der Waals surface area contributed by atoms with E-state index in [1.165, 1.54) is 0 Å². The Labute approximate surface area is 118 Å². The van der Waals surface area contributed by atoms with Crippen molar-refractivity contribution < 1.29 is 18.7 Å². The summed E-state index contributed by atoms with van der Waals surface area (Å²) in [6.07, 6.45) is 0.584. The highest BCUT2D eigenvalue weighted by atomic mass is 19.1. The number of aryl methyl sites for hydroxylation is 1. The number of hydrogen-bond donors (Lipinski definition) is 0. The summed E-state index contributed by atoms with van der Waals surface area (Å²) < 4.78 is 18.5. The third-order valence-corrected chi connectivity index (χ3v) is 3.62. The van der Waals surface area contributed by atoms with Gasteiger partial charge < -0.3 is 4.74 Å². The second-order valence-corrected chi connectivity index (χ2v) is 5.53. The maximum atomic E-state index is 12.7. The number of halogens is 1. The molecule has 0 aromatic heterocycles. The lowest BCUT2D eigenvalue weighted by molar-refractivity contribution is -0.132. The quantitative estimate of drug-likeness (QED) is 0.794. The van der Waals surface area contributed by atoms with Crippen molar-refractivity contribution in [1.82, 2.24) is 0 Å². The average molecular weight is 278 g/mol. The highest BCUT2D eigenvalue weighted by Crippen LogP contribution is 2.27. The summed E-state index contributed by atoms with van der Waals surface area (Å²) >= 11 is 0. The van der Waals surface area contributed by atoms with Gasteiger partial charge in [0.2, 0.25) is 0 Å². The molecule has 1 aromatic carbocycles. The standard InChI is InChI=1S/C16H19FO3/c1-10-3-12(9-17)5-16(4-10)20-11(2)13-6-14(18)8-15(19)7-13/h3-5,11,13H,6-9H2,1-2H3. The van der Waals surface area contributed by atoms with Crippen LogP contribution in [0.5, 0.6) is 5.75 Å². The van der Waals surface area contributed by atoms with Crippen LogP contribution in [0.4, 0.5) is 4.39 Å². The molecule has 0 radical (unpaired) electrons. The van der Waals surface area contributed by atoms with E-state index in [4.69, 9.17) is 4.74 Å². The van der Waals surface area contributed by atoms with Crippen LogP contribution >= 0.6 is 0 Å². The Hall–Kier alpha value is -1.71. The lowest BCUT2D eigenvalue weighted by atomic mass is 9.84. The minimum Gasteiger partial charge on any atom is -0.490 e. The van der Waals surface area contributed by atoms with Crippen LogP contribution in [0.1, 0.15) is 37.3 Å². The highest BCUT2D eigenvalue weighted by Gasteiger charge is 2.30. The molecule has 20 heavy (non-hydrogen) atoms. The summed E-state index contributed by atoms with van der Waals surface area (Å²) in [5.74, 6) is 0.472. The van der Waals surface area contributed by atoms with Crippen LogP contribution in [0.15, 0.2) is 18.2 Å². The van der Waals surface area contributed by atoms with Gasteiger partial charge in [-0.1, -0.05) is 6.07 Å². The summed E-state index contributed by atoms with van der Waals surface area (Å²) in [7, 11) is 0. The minimum absolute atomic E-state index is 0.0182. The average Bonchev–Trinajstić information content (AvgIpc) is 2.36. The molecule has 0 spiro atoms. The van der Waals surface area contributed by atoms with Crippen molar-refractivity contribution in [2.75, 3.05) is 0 Å². The van der Waals surface area contributed by atoms with Gasteiger partial charge in [-0.15, -0.1) is 0 Å². The Morgan fingerprint density at radius 1 is 1.25 bits per heavy atom. The summed E-state index contributed by atoms with van der Waals surface area (Å²) in [6, 6.07) is 5.27. The predicted molar refractivity (Wildman–Crippen MR) is 73.4 cm³/mol. The van der Waals surface area contributed by atoms with Crippen molar-refractivity contribution in [3.8, 4) is 5.75 Å². The maximum absolute atomic E-state index is 12.7. The zero-order chi connectivity index (χ0) is 14.7. The van der Waals surface area contributed by atoms with E-state index < -0.39 is 6.67 Å². The van der Waals surface area contributed by atoms with Gasteiger partial charge in [-0.25, -0.2) is 4.39 Å². The van der Waals surface area contributed by atoms with Crippen molar-refractivity contribution in [2.24, 2.45) is 5.92 Å². The monoisotopic (exact) mass is 278 g/mol. The first-order valence-corrected chi connectivity index (χ1v) is 6.84. The third kappa shape index (κ3) is 3.65. The molecule has 0 saturated heterocycles. The van der Waals surface area contributed by atoms with E-state index in [1.807, 2.05) is 19.9 Å². The molecule has 3 nitrogen and oxygen atoms in total. The fourth-order valence-corrected chi connectivity index (χ4v) is 2.63. The molecule has 1 aliphatic rings. The first-order chi connectivity index (χ1) is 9.47. The minimum atomic E-state index is -0.535. The lowest BCUT2D eigenvalue weighted by Gasteiger charge is -2.27. The zero-order valence-corrected chi connectivity index (χ0v) is 11.8. The Balaban J connectivity index is 2.07. The molecule has 0 amide bonds. The van der Waals surface area contributed by atoms with Gasteiger partial charge in [-0.3, -0.25) is 9.59 Å². The number of ether oxygens (including phenoxy) is 1. The molecular formula is C16H19FO3. The number of alkyl halides is 1. The van der Waals surface area contributed by atoms with E-state index in [0.29, 0.717) is 24.2 Å². The SMILES string of the molecule is Cc1cc(CF)cc(OC(C)C2CC(=O)CC(=O)C2)c1. The molecular weight excluding hydrogens is 259 g/mol. The van der Waals surface area contributed by atoms with E-state index in [1.54, 1.807) is 12.1 Å². The summed E-state index contributed by atoms with van der Waals surface area (Å²) in [5, 5.41) is 0. The van der Waals surface area contributed by atoms with Gasteiger partial charge in [0, 0.05) is 18.8 Å². The number of benzene rings is 1. The number of Topliss-reactive ketones (excluding diaryl/α,β-unsaturated/α-hetero) is 2. The lowest BCUT2D eigenvalue weighted by Crippen LogP contribution is -2.32. The summed E-state index contributed by atoms with van der Waals surface area (Å²) in [6.45, 7) is 3.20. The Morgan fingerprint density at radius 3 is 2.50 bits per heavy atom. The molecule has 0 heterocycles. The molecule has 108 valence electrons. The second-order valence-electron chi connectivity index (χ2n) is 5.53. The smallest absolute Gasteiger partial charge is 0.140 e. The van der Waals surface area contributed by atoms with Gasteiger partial charge in [-0.2, -0.15) is 0 Å². The molecule has 0 bridgehead atoms. The first-order valence-electron chi connectivity index (χ1n) is 6.84.